The first-order valence-corrected chi connectivity index (χ1v) is 6.85. The zero-order valence-electron chi connectivity index (χ0n) is 11.1. The van der Waals surface area contributed by atoms with Gasteiger partial charge in [-0.05, 0) is 36.8 Å². The number of thiocarbonyl (C=S) groups is 1. The van der Waals surface area contributed by atoms with Gasteiger partial charge in [0.2, 0.25) is 0 Å². The van der Waals surface area contributed by atoms with Crippen LogP contribution in [-0.4, -0.2) is 24.0 Å². The maximum Gasteiger partial charge on any atom is 0.337 e. The molecule has 20 heavy (non-hydrogen) atoms. The Bertz CT molecular complexity index is 622. The number of nitrogens with one attached hydrogen (secondary N) is 1. The van der Waals surface area contributed by atoms with Crippen LogP contribution in [0.2, 0.25) is 5.02 Å². The van der Waals surface area contributed by atoms with Crippen LogP contribution in [0.4, 0.5) is 5.69 Å². The summed E-state index contributed by atoms with van der Waals surface area (Å²) in [5.41, 5.74) is 2.34. The fourth-order valence-electron chi connectivity index (χ4n) is 1.88. The third-order valence-corrected chi connectivity index (χ3v) is 3.85. The number of carbonyl (C=O) groups is 1. The van der Waals surface area contributed by atoms with Gasteiger partial charge >= 0.3 is 5.97 Å². The summed E-state index contributed by atoms with van der Waals surface area (Å²) in [7, 11) is 1.35. The van der Waals surface area contributed by atoms with E-state index in [1.807, 2.05) is 31.2 Å². The third-order valence-electron chi connectivity index (χ3n) is 3.07. The topological polar surface area (TPSA) is 38.3 Å². The quantitative estimate of drug-likeness (QED) is 0.685. The minimum absolute atomic E-state index is 0.143. The molecular weight excluding hydrogens is 294 g/mol. The summed E-state index contributed by atoms with van der Waals surface area (Å²) in [5.74, 6) is -0.388. The number of methoxy groups -OCH3 is 1. The average Bonchev–Trinajstić information content (AvgIpc) is 2.45. The van der Waals surface area contributed by atoms with Crippen LogP contribution in [0.25, 0.3) is 0 Å². The van der Waals surface area contributed by atoms with Gasteiger partial charge in [0.25, 0.3) is 0 Å². The summed E-state index contributed by atoms with van der Waals surface area (Å²) in [4.78, 5) is 12.1. The molecule has 2 rings (SSSR count). The highest BCUT2D eigenvalue weighted by molar-refractivity contribution is 7.81. The second-order valence-electron chi connectivity index (χ2n) is 4.39. The zero-order chi connectivity index (χ0) is 14.7. The van der Waals surface area contributed by atoms with Gasteiger partial charge in [-0.25, -0.2) is 4.79 Å². The average molecular weight is 308 g/mol. The number of hydrogen-bond donors (Lipinski definition) is 1. The fourth-order valence-corrected chi connectivity index (χ4v) is 2.32. The molecule has 0 saturated heterocycles. The van der Waals surface area contributed by atoms with Gasteiger partial charge in [-0.1, -0.05) is 36.0 Å². The minimum Gasteiger partial charge on any atom is -0.465 e. The summed E-state index contributed by atoms with van der Waals surface area (Å²) in [6, 6.07) is 5.52. The van der Waals surface area contributed by atoms with E-state index in [0.717, 1.165) is 11.3 Å². The smallest absolute Gasteiger partial charge is 0.337 e. The van der Waals surface area contributed by atoms with Crippen molar-refractivity contribution in [2.75, 3.05) is 12.4 Å². The van der Waals surface area contributed by atoms with Crippen molar-refractivity contribution in [1.82, 2.24) is 0 Å². The van der Waals surface area contributed by atoms with E-state index in [9.17, 15) is 4.79 Å². The van der Waals surface area contributed by atoms with Crippen LogP contribution >= 0.6 is 23.8 Å². The number of anilines is 1. The summed E-state index contributed by atoms with van der Waals surface area (Å²) in [5, 5.41) is 4.01. The van der Waals surface area contributed by atoms with Gasteiger partial charge in [0.05, 0.1) is 18.7 Å². The number of rotatable bonds is 3. The Kier molecular flexibility index (Phi) is 4.57. The molecule has 0 radical (unpaired) electrons. The maximum atomic E-state index is 11.4. The first-order chi connectivity index (χ1) is 9.52. The van der Waals surface area contributed by atoms with Crippen molar-refractivity contribution in [2.24, 2.45) is 0 Å². The predicted molar refractivity (Wildman–Crippen MR) is 85.4 cm³/mol. The summed E-state index contributed by atoms with van der Waals surface area (Å²) < 4.78 is 4.67. The summed E-state index contributed by atoms with van der Waals surface area (Å²) in [6.07, 6.45) is 5.20. The van der Waals surface area contributed by atoms with Crippen molar-refractivity contribution in [3.8, 4) is 0 Å². The van der Waals surface area contributed by atoms with Gasteiger partial charge in [0, 0.05) is 15.6 Å². The molecule has 3 nitrogen and oxygen atoms in total. The van der Waals surface area contributed by atoms with Gasteiger partial charge in [0.1, 0.15) is 0 Å². The van der Waals surface area contributed by atoms with Crippen LogP contribution in [0, 0.1) is 6.92 Å². The molecule has 1 aliphatic carbocycles. The Morgan fingerprint density at radius 2 is 2.20 bits per heavy atom. The molecule has 0 amide bonds. The molecule has 0 fully saturated rings. The minimum atomic E-state index is -0.388. The second-order valence-corrected chi connectivity index (χ2v) is 5.27. The highest BCUT2D eigenvalue weighted by atomic mass is 35.5. The van der Waals surface area contributed by atoms with Crippen molar-refractivity contribution in [3.63, 3.8) is 0 Å². The lowest BCUT2D eigenvalue weighted by Gasteiger charge is -2.21. The van der Waals surface area contributed by atoms with Crippen LogP contribution in [0.3, 0.4) is 0 Å². The summed E-state index contributed by atoms with van der Waals surface area (Å²) >= 11 is 11.4. The molecule has 0 aliphatic heterocycles. The number of halogens is 1. The van der Waals surface area contributed by atoms with Crippen LogP contribution in [0.15, 0.2) is 42.0 Å². The Morgan fingerprint density at radius 1 is 1.45 bits per heavy atom. The molecule has 0 aromatic heterocycles. The monoisotopic (exact) mass is 307 g/mol. The Balaban J connectivity index is 2.16. The number of ether oxygens (including phenoxy) is 1. The SMILES string of the molecule is COC(=O)C1=CC(=S)C(Nc2cccc(Cl)c2C)C=C1. The van der Waals surface area contributed by atoms with Gasteiger partial charge in [-0.2, -0.15) is 0 Å². The van der Waals surface area contributed by atoms with Gasteiger partial charge in [0.15, 0.2) is 0 Å². The van der Waals surface area contributed by atoms with Gasteiger partial charge in [-0.3, -0.25) is 0 Å². The molecule has 1 atom stereocenters. The Morgan fingerprint density at radius 3 is 2.85 bits per heavy atom. The highest BCUT2D eigenvalue weighted by Gasteiger charge is 2.18. The van der Waals surface area contributed by atoms with Crippen LogP contribution in [0.1, 0.15) is 5.56 Å². The molecule has 104 valence electrons. The van der Waals surface area contributed by atoms with Crippen LogP contribution < -0.4 is 5.32 Å². The zero-order valence-corrected chi connectivity index (χ0v) is 12.7. The molecule has 0 bridgehead atoms. The summed E-state index contributed by atoms with van der Waals surface area (Å²) in [6.45, 7) is 1.94. The molecular formula is C15H14ClNO2S. The molecule has 1 aromatic rings. The molecule has 0 heterocycles. The van der Waals surface area contributed by atoms with Crippen LogP contribution in [-0.2, 0) is 9.53 Å². The first-order valence-electron chi connectivity index (χ1n) is 6.06. The lowest BCUT2D eigenvalue weighted by atomic mass is 10.0. The maximum absolute atomic E-state index is 11.4. The number of hydrogen-bond acceptors (Lipinski definition) is 4. The van der Waals surface area contributed by atoms with E-state index >= 15 is 0 Å². The van der Waals surface area contributed by atoms with E-state index in [2.05, 4.69) is 10.1 Å². The fraction of sp³-hybridized carbons (Fsp3) is 0.200. The lowest BCUT2D eigenvalue weighted by molar-refractivity contribution is -0.135. The number of esters is 1. The van der Waals surface area contributed by atoms with E-state index in [0.29, 0.717) is 15.5 Å². The van der Waals surface area contributed by atoms with Crippen molar-refractivity contribution < 1.29 is 9.53 Å². The molecule has 1 N–H and O–H groups in total. The van der Waals surface area contributed by atoms with Gasteiger partial charge < -0.3 is 10.1 Å². The number of carbonyl (C=O) groups excluding carboxylic acids is 1. The molecule has 5 heteroatoms. The standard InChI is InChI=1S/C15H14ClNO2S/c1-9-11(16)4-3-5-12(9)17-13-7-6-10(8-14(13)20)15(18)19-2/h3-8,13,17H,1-2H3. The first kappa shape index (κ1) is 14.8. The van der Waals surface area contributed by atoms with Gasteiger partial charge in [-0.15, -0.1) is 0 Å². The normalized spacial score (nSPS) is 17.6. The molecule has 0 saturated carbocycles. The second kappa shape index (κ2) is 6.20. The van der Waals surface area contributed by atoms with E-state index < -0.39 is 0 Å². The van der Waals surface area contributed by atoms with E-state index in [1.54, 1.807) is 12.2 Å². The van der Waals surface area contributed by atoms with Crippen molar-refractivity contribution >= 4 is 40.3 Å². The predicted octanol–water partition coefficient (Wildman–Crippen LogP) is 3.47. The van der Waals surface area contributed by atoms with E-state index in [4.69, 9.17) is 23.8 Å². The van der Waals surface area contributed by atoms with Crippen molar-refractivity contribution in [3.05, 3.63) is 52.6 Å². The molecule has 1 aliphatic rings. The molecule has 0 spiro atoms. The van der Waals surface area contributed by atoms with Crippen molar-refractivity contribution in [2.45, 2.75) is 13.0 Å². The number of benzene rings is 1. The van der Waals surface area contributed by atoms with Crippen molar-refractivity contribution in [1.29, 1.82) is 0 Å². The Labute approximate surface area is 128 Å². The van der Waals surface area contributed by atoms with Crippen LogP contribution in [0.5, 0.6) is 0 Å². The van der Waals surface area contributed by atoms with E-state index in [1.165, 1.54) is 7.11 Å². The highest BCUT2D eigenvalue weighted by Crippen LogP contribution is 2.25. The Hall–Kier alpha value is -1.65. The molecule has 1 aromatic carbocycles. The third kappa shape index (κ3) is 3.08. The lowest BCUT2D eigenvalue weighted by Crippen LogP contribution is -2.28. The molecule has 1 unspecified atom stereocenters. The van der Waals surface area contributed by atoms with E-state index in [-0.39, 0.29) is 12.0 Å². The largest absolute Gasteiger partial charge is 0.465 e.